The fraction of sp³-hybridized carbons (Fsp3) is 0.368. The maximum Gasteiger partial charge on any atom is 0.333 e. The molecule has 0 saturated carbocycles. The summed E-state index contributed by atoms with van der Waals surface area (Å²) >= 11 is 6.31. The number of aryl methyl sites for hydroxylation is 1. The molecule has 3 aromatic rings. The summed E-state index contributed by atoms with van der Waals surface area (Å²) in [7, 11) is 1.49. The highest BCUT2D eigenvalue weighted by Crippen LogP contribution is 2.36. The summed E-state index contributed by atoms with van der Waals surface area (Å²) in [6.45, 7) is 4.47. The predicted molar refractivity (Wildman–Crippen MR) is 109 cm³/mol. The molecule has 1 atom stereocenters. The van der Waals surface area contributed by atoms with Gasteiger partial charge in [0.05, 0.1) is 0 Å². The van der Waals surface area contributed by atoms with Gasteiger partial charge in [-0.15, -0.1) is 0 Å². The molecule has 1 aromatic carbocycles. The highest BCUT2D eigenvalue weighted by atomic mass is 35.5. The summed E-state index contributed by atoms with van der Waals surface area (Å²) < 4.78 is 3.72. The Hall–Kier alpha value is -3.07. The Morgan fingerprint density at radius 2 is 2.03 bits per heavy atom. The number of benzene rings is 1. The van der Waals surface area contributed by atoms with Gasteiger partial charge >= 0.3 is 11.7 Å². The smallest absolute Gasteiger partial charge is 0.333 e. The molecule has 152 valence electrons. The quantitative estimate of drug-likeness (QED) is 0.696. The maximum atomic E-state index is 13.0. The molecule has 4 rings (SSSR count). The van der Waals surface area contributed by atoms with Crippen molar-refractivity contribution in [3.63, 3.8) is 0 Å². The number of hydrogen-bond acceptors (Lipinski definition) is 5. The first-order valence-corrected chi connectivity index (χ1v) is 9.53. The van der Waals surface area contributed by atoms with Crippen LogP contribution in [0.3, 0.4) is 0 Å². The van der Waals surface area contributed by atoms with Gasteiger partial charge in [0, 0.05) is 30.8 Å². The molecule has 0 saturated heterocycles. The molecule has 0 unspecified atom stereocenters. The second kappa shape index (κ2) is 6.77. The molecule has 0 radical (unpaired) electrons. The molecule has 2 aromatic heterocycles. The van der Waals surface area contributed by atoms with Crippen LogP contribution in [0.4, 0.5) is 11.6 Å². The zero-order valence-electron chi connectivity index (χ0n) is 16.2. The van der Waals surface area contributed by atoms with E-state index in [4.69, 9.17) is 16.7 Å². The van der Waals surface area contributed by atoms with Crippen molar-refractivity contribution in [2.75, 3.05) is 11.4 Å². The van der Waals surface area contributed by atoms with Gasteiger partial charge in [0.1, 0.15) is 6.54 Å². The number of carboxylic acid groups (broad SMARTS) is 1. The lowest BCUT2D eigenvalue weighted by molar-refractivity contribution is -0.137. The van der Waals surface area contributed by atoms with Gasteiger partial charge < -0.3 is 14.6 Å². The van der Waals surface area contributed by atoms with E-state index >= 15 is 0 Å². The van der Waals surface area contributed by atoms with Gasteiger partial charge in [0.25, 0.3) is 5.56 Å². The largest absolute Gasteiger partial charge is 0.480 e. The summed E-state index contributed by atoms with van der Waals surface area (Å²) in [5.74, 6) is -0.544. The number of nitrogens with zero attached hydrogens (tertiary/aromatic N) is 5. The molecule has 1 aliphatic heterocycles. The number of halogens is 1. The third kappa shape index (κ3) is 2.93. The second-order valence-electron chi connectivity index (χ2n) is 7.42. The number of carbonyl (C=O) groups is 1. The molecule has 0 bridgehead atoms. The van der Waals surface area contributed by atoms with Crippen molar-refractivity contribution < 1.29 is 9.90 Å². The predicted octanol–water partition coefficient (Wildman–Crippen LogP) is 1.73. The third-order valence-corrected chi connectivity index (χ3v) is 5.67. The van der Waals surface area contributed by atoms with Gasteiger partial charge in [0.2, 0.25) is 5.95 Å². The van der Waals surface area contributed by atoms with E-state index in [9.17, 15) is 14.4 Å². The Bertz CT molecular complexity index is 1270. The zero-order chi connectivity index (χ0) is 21.0. The van der Waals surface area contributed by atoms with Crippen LogP contribution < -0.4 is 16.1 Å². The van der Waals surface area contributed by atoms with Gasteiger partial charge in [-0.2, -0.15) is 4.98 Å². The minimum absolute atomic E-state index is 0.183. The summed E-state index contributed by atoms with van der Waals surface area (Å²) in [4.78, 5) is 43.3. The lowest BCUT2D eigenvalue weighted by Crippen LogP contribution is -2.42. The Morgan fingerprint density at radius 3 is 2.72 bits per heavy atom. The minimum atomic E-state index is -1.26. The van der Waals surface area contributed by atoms with Crippen molar-refractivity contribution in [2.24, 2.45) is 13.0 Å². The topological polar surface area (TPSA) is 102 Å². The Labute approximate surface area is 170 Å². The fourth-order valence-electron chi connectivity index (χ4n) is 3.87. The van der Waals surface area contributed by atoms with Crippen molar-refractivity contribution in [3.05, 3.63) is 49.6 Å². The molecule has 0 amide bonds. The van der Waals surface area contributed by atoms with Gasteiger partial charge in [-0.05, 0) is 30.5 Å². The number of aromatic nitrogens is 4. The maximum absolute atomic E-state index is 13.0. The van der Waals surface area contributed by atoms with Crippen LogP contribution in [-0.4, -0.2) is 36.3 Å². The molecule has 1 N–H and O–H groups in total. The molecule has 0 aliphatic carbocycles. The number of hydrogen-bond donors (Lipinski definition) is 1. The van der Waals surface area contributed by atoms with Crippen molar-refractivity contribution in [2.45, 2.75) is 26.9 Å². The number of carboxylic acids is 1. The van der Waals surface area contributed by atoms with Crippen molar-refractivity contribution in [3.8, 4) is 0 Å². The SMILES string of the molecule is Cc1c(Cl)cccc1N1C[C@H](C)Cn2c1nc1c2c(=O)n(CC(=O)O)c(=O)n1C. The van der Waals surface area contributed by atoms with Crippen LogP contribution >= 0.6 is 11.6 Å². The standard InChI is InChI=1S/C19H20ClN5O4/c1-10-7-23(13-6-4-5-12(20)11(13)2)18-21-16-15(24(18)8-10)17(28)25(9-14(26)27)19(29)22(16)3/h4-6,10H,7-9H2,1-3H3,(H,26,27)/t10-/m0/s1. The molecule has 10 heteroatoms. The second-order valence-corrected chi connectivity index (χ2v) is 7.83. The lowest BCUT2D eigenvalue weighted by atomic mass is 10.1. The van der Waals surface area contributed by atoms with Crippen molar-refractivity contribution >= 4 is 40.4 Å². The molecule has 3 heterocycles. The van der Waals surface area contributed by atoms with E-state index in [-0.39, 0.29) is 17.1 Å². The van der Waals surface area contributed by atoms with Crippen LogP contribution in [0.2, 0.25) is 5.02 Å². The monoisotopic (exact) mass is 417 g/mol. The number of imidazole rings is 1. The molecule has 9 nitrogen and oxygen atoms in total. The lowest BCUT2D eigenvalue weighted by Gasteiger charge is -2.34. The van der Waals surface area contributed by atoms with E-state index in [2.05, 4.69) is 11.9 Å². The normalized spacial score (nSPS) is 16.3. The van der Waals surface area contributed by atoms with E-state index in [0.717, 1.165) is 15.8 Å². The van der Waals surface area contributed by atoms with Crippen molar-refractivity contribution in [1.82, 2.24) is 18.7 Å². The van der Waals surface area contributed by atoms with E-state index in [1.165, 1.54) is 11.6 Å². The number of rotatable bonds is 3. The summed E-state index contributed by atoms with van der Waals surface area (Å²) in [5, 5.41) is 9.73. The Morgan fingerprint density at radius 1 is 1.31 bits per heavy atom. The van der Waals surface area contributed by atoms with Crippen LogP contribution in [0.25, 0.3) is 11.2 Å². The van der Waals surface area contributed by atoms with Crippen LogP contribution in [-0.2, 0) is 24.9 Å². The molecule has 0 fully saturated rings. The van der Waals surface area contributed by atoms with Gasteiger partial charge in [-0.25, -0.2) is 9.36 Å². The van der Waals surface area contributed by atoms with Gasteiger partial charge in [-0.1, -0.05) is 24.6 Å². The highest BCUT2D eigenvalue weighted by molar-refractivity contribution is 6.31. The van der Waals surface area contributed by atoms with E-state index in [1.54, 1.807) is 4.57 Å². The first kappa shape index (κ1) is 19.3. The average Bonchev–Trinajstić information content (AvgIpc) is 3.04. The number of anilines is 2. The van der Waals surface area contributed by atoms with Crippen molar-refractivity contribution in [1.29, 1.82) is 0 Å². The van der Waals surface area contributed by atoms with Crippen LogP contribution in [0.5, 0.6) is 0 Å². The molecule has 29 heavy (non-hydrogen) atoms. The molecule has 1 aliphatic rings. The van der Waals surface area contributed by atoms with Gasteiger partial charge in [0.15, 0.2) is 11.2 Å². The molecular weight excluding hydrogens is 398 g/mol. The summed E-state index contributed by atoms with van der Waals surface area (Å²) in [6, 6.07) is 5.60. The van der Waals surface area contributed by atoms with Crippen LogP contribution in [0.1, 0.15) is 12.5 Å². The third-order valence-electron chi connectivity index (χ3n) is 5.27. The van der Waals surface area contributed by atoms with E-state index < -0.39 is 23.8 Å². The van der Waals surface area contributed by atoms with Crippen LogP contribution in [0.15, 0.2) is 27.8 Å². The first-order valence-electron chi connectivity index (χ1n) is 9.15. The Kier molecular flexibility index (Phi) is 4.49. The molecular formula is C19H20ClN5O4. The average molecular weight is 418 g/mol. The highest BCUT2D eigenvalue weighted by Gasteiger charge is 2.30. The zero-order valence-corrected chi connectivity index (χ0v) is 17.0. The fourth-order valence-corrected chi connectivity index (χ4v) is 4.04. The molecule has 0 spiro atoms. The summed E-state index contributed by atoms with van der Waals surface area (Å²) in [6.07, 6.45) is 0. The van der Waals surface area contributed by atoms with E-state index in [1.807, 2.05) is 30.0 Å². The Balaban J connectivity index is 2.04. The number of fused-ring (bicyclic) bond motifs is 3. The first-order chi connectivity index (χ1) is 13.7. The van der Waals surface area contributed by atoms with Crippen LogP contribution in [0, 0.1) is 12.8 Å². The minimum Gasteiger partial charge on any atom is -0.480 e. The summed E-state index contributed by atoms with van der Waals surface area (Å²) in [5.41, 5.74) is 0.852. The number of aliphatic carboxylic acids is 1. The van der Waals surface area contributed by atoms with Gasteiger partial charge in [-0.3, -0.25) is 14.2 Å². The van der Waals surface area contributed by atoms with E-state index in [0.29, 0.717) is 24.1 Å².